The van der Waals surface area contributed by atoms with Crippen LogP contribution in [-0.2, 0) is 4.79 Å². The fourth-order valence-corrected chi connectivity index (χ4v) is 2.27. The second-order valence-electron chi connectivity index (χ2n) is 4.86. The molecule has 0 unspecified atom stereocenters. The molecule has 1 aliphatic heterocycles. The Kier molecular flexibility index (Phi) is 4.37. The van der Waals surface area contributed by atoms with Crippen molar-refractivity contribution in [1.82, 2.24) is 9.88 Å². The fraction of sp³-hybridized carbons (Fsp3) is 0.571. The number of nitrogens with zero attached hydrogens (tertiary/aromatic N) is 3. The van der Waals surface area contributed by atoms with Gasteiger partial charge in [0.2, 0.25) is 5.91 Å². The molecule has 1 saturated heterocycles. The minimum atomic E-state index is -0.483. The second-order valence-corrected chi connectivity index (χ2v) is 4.86. The van der Waals surface area contributed by atoms with Gasteiger partial charge in [-0.05, 0) is 18.6 Å². The van der Waals surface area contributed by atoms with Crippen LogP contribution in [0.2, 0.25) is 0 Å². The monoisotopic (exact) mass is 263 g/mol. The van der Waals surface area contributed by atoms with Gasteiger partial charge in [-0.3, -0.25) is 9.78 Å². The molecule has 19 heavy (non-hydrogen) atoms. The van der Waals surface area contributed by atoms with Crippen molar-refractivity contribution in [2.75, 3.05) is 31.1 Å². The molecule has 1 N–H and O–H groups in total. The highest BCUT2D eigenvalue weighted by Gasteiger charge is 2.19. The number of piperazine rings is 1. The Morgan fingerprint density at radius 1 is 1.37 bits per heavy atom. The summed E-state index contributed by atoms with van der Waals surface area (Å²) in [6, 6.07) is 3.87. The van der Waals surface area contributed by atoms with Crippen LogP contribution in [0.5, 0.6) is 0 Å². The van der Waals surface area contributed by atoms with Crippen molar-refractivity contribution >= 4 is 11.6 Å². The van der Waals surface area contributed by atoms with Gasteiger partial charge < -0.3 is 14.9 Å². The molecular formula is C14H21N3O2. The average molecular weight is 263 g/mol. The SMILES string of the molecule is CC[C@H](O)c1ccc(N2CCN(C(C)=O)CC2)cn1. The smallest absolute Gasteiger partial charge is 0.219 e. The number of carbonyl (C=O) groups excluding carboxylic acids is 1. The lowest BCUT2D eigenvalue weighted by atomic mass is 10.2. The summed E-state index contributed by atoms with van der Waals surface area (Å²) in [7, 11) is 0. The third kappa shape index (κ3) is 3.23. The van der Waals surface area contributed by atoms with Crippen LogP contribution in [0.15, 0.2) is 18.3 Å². The molecule has 1 aromatic heterocycles. The van der Waals surface area contributed by atoms with E-state index in [-0.39, 0.29) is 5.91 Å². The molecule has 0 radical (unpaired) electrons. The lowest BCUT2D eigenvalue weighted by Crippen LogP contribution is -2.48. The molecular weight excluding hydrogens is 242 g/mol. The van der Waals surface area contributed by atoms with Crippen LogP contribution in [0.4, 0.5) is 5.69 Å². The Bertz CT molecular complexity index is 425. The molecule has 5 nitrogen and oxygen atoms in total. The molecule has 0 spiro atoms. The summed E-state index contributed by atoms with van der Waals surface area (Å²) in [6.07, 6.45) is 1.99. The molecule has 1 aromatic rings. The molecule has 104 valence electrons. The van der Waals surface area contributed by atoms with Gasteiger partial charge in [-0.1, -0.05) is 6.92 Å². The van der Waals surface area contributed by atoms with E-state index in [2.05, 4.69) is 9.88 Å². The van der Waals surface area contributed by atoms with E-state index in [4.69, 9.17) is 0 Å². The zero-order chi connectivity index (χ0) is 13.8. The van der Waals surface area contributed by atoms with E-state index in [0.717, 1.165) is 31.9 Å². The molecule has 0 bridgehead atoms. The molecule has 0 aliphatic carbocycles. The van der Waals surface area contributed by atoms with Crippen molar-refractivity contribution in [2.45, 2.75) is 26.4 Å². The molecule has 0 aromatic carbocycles. The molecule has 1 fully saturated rings. The number of rotatable bonds is 3. The van der Waals surface area contributed by atoms with Crippen LogP contribution in [0.25, 0.3) is 0 Å². The Balaban J connectivity index is 1.98. The summed E-state index contributed by atoms with van der Waals surface area (Å²) in [5.74, 6) is 0.138. The summed E-state index contributed by atoms with van der Waals surface area (Å²) < 4.78 is 0. The van der Waals surface area contributed by atoms with Gasteiger partial charge in [0.25, 0.3) is 0 Å². The minimum absolute atomic E-state index is 0.138. The third-order valence-corrected chi connectivity index (χ3v) is 3.59. The highest BCUT2D eigenvalue weighted by Crippen LogP contribution is 2.19. The Morgan fingerprint density at radius 3 is 2.53 bits per heavy atom. The minimum Gasteiger partial charge on any atom is -0.387 e. The van der Waals surface area contributed by atoms with Crippen LogP contribution in [0, 0.1) is 0 Å². The number of aliphatic hydroxyl groups excluding tert-OH is 1. The highest BCUT2D eigenvalue weighted by atomic mass is 16.3. The van der Waals surface area contributed by atoms with Gasteiger partial charge in [0.05, 0.1) is 23.7 Å². The number of carbonyl (C=O) groups is 1. The van der Waals surface area contributed by atoms with Crippen LogP contribution < -0.4 is 4.90 Å². The number of aromatic nitrogens is 1. The van der Waals surface area contributed by atoms with Crippen molar-refractivity contribution in [1.29, 1.82) is 0 Å². The van der Waals surface area contributed by atoms with Gasteiger partial charge in [0, 0.05) is 33.1 Å². The van der Waals surface area contributed by atoms with Crippen molar-refractivity contribution in [3.8, 4) is 0 Å². The van der Waals surface area contributed by atoms with Crippen molar-refractivity contribution in [3.05, 3.63) is 24.0 Å². The predicted molar refractivity (Wildman–Crippen MR) is 74.0 cm³/mol. The fourth-order valence-electron chi connectivity index (χ4n) is 2.27. The summed E-state index contributed by atoms with van der Waals surface area (Å²) in [6.45, 7) is 6.72. The van der Waals surface area contributed by atoms with Gasteiger partial charge in [-0.2, -0.15) is 0 Å². The quantitative estimate of drug-likeness (QED) is 0.890. The van der Waals surface area contributed by atoms with Gasteiger partial charge >= 0.3 is 0 Å². The van der Waals surface area contributed by atoms with Crippen molar-refractivity contribution < 1.29 is 9.90 Å². The topological polar surface area (TPSA) is 56.7 Å². The Morgan fingerprint density at radius 2 is 2.05 bits per heavy atom. The predicted octanol–water partition coefficient (Wildman–Crippen LogP) is 1.19. The Hall–Kier alpha value is -1.62. The standard InChI is InChI=1S/C14H21N3O2/c1-3-14(19)13-5-4-12(10-15-13)17-8-6-16(7-9-17)11(2)18/h4-5,10,14,19H,3,6-9H2,1-2H3/t14-/m0/s1. The van der Waals surface area contributed by atoms with Crippen LogP contribution in [0.3, 0.4) is 0 Å². The molecule has 5 heteroatoms. The maximum Gasteiger partial charge on any atom is 0.219 e. The van der Waals surface area contributed by atoms with E-state index in [9.17, 15) is 9.90 Å². The van der Waals surface area contributed by atoms with Crippen molar-refractivity contribution in [2.24, 2.45) is 0 Å². The summed E-state index contributed by atoms with van der Waals surface area (Å²) in [5.41, 5.74) is 1.77. The molecule has 0 saturated carbocycles. The number of anilines is 1. The maximum absolute atomic E-state index is 11.3. The van der Waals surface area contributed by atoms with Gasteiger partial charge in [0.1, 0.15) is 0 Å². The molecule has 1 amide bonds. The van der Waals surface area contributed by atoms with E-state index >= 15 is 0 Å². The lowest BCUT2D eigenvalue weighted by Gasteiger charge is -2.35. The molecule has 1 atom stereocenters. The van der Waals surface area contributed by atoms with Crippen LogP contribution in [0.1, 0.15) is 32.1 Å². The summed E-state index contributed by atoms with van der Waals surface area (Å²) in [5, 5.41) is 9.71. The first-order chi connectivity index (χ1) is 9.11. The first-order valence-corrected chi connectivity index (χ1v) is 6.76. The first kappa shape index (κ1) is 13.8. The van der Waals surface area contributed by atoms with Crippen molar-refractivity contribution in [3.63, 3.8) is 0 Å². The number of hydrogen-bond donors (Lipinski definition) is 1. The molecule has 2 rings (SSSR count). The zero-order valence-corrected chi connectivity index (χ0v) is 11.5. The zero-order valence-electron chi connectivity index (χ0n) is 11.5. The van der Waals surface area contributed by atoms with E-state index in [1.807, 2.05) is 24.0 Å². The normalized spacial score (nSPS) is 17.4. The first-order valence-electron chi connectivity index (χ1n) is 6.76. The van der Waals surface area contributed by atoms with Gasteiger partial charge in [-0.15, -0.1) is 0 Å². The summed E-state index contributed by atoms with van der Waals surface area (Å²) in [4.78, 5) is 19.6. The van der Waals surface area contributed by atoms with E-state index in [0.29, 0.717) is 12.1 Å². The van der Waals surface area contributed by atoms with Crippen LogP contribution in [-0.4, -0.2) is 47.1 Å². The van der Waals surface area contributed by atoms with E-state index in [1.54, 1.807) is 13.1 Å². The summed E-state index contributed by atoms with van der Waals surface area (Å²) >= 11 is 0. The van der Waals surface area contributed by atoms with Crippen LogP contribution >= 0.6 is 0 Å². The van der Waals surface area contributed by atoms with E-state index in [1.165, 1.54) is 0 Å². The number of amides is 1. The largest absolute Gasteiger partial charge is 0.387 e. The number of hydrogen-bond acceptors (Lipinski definition) is 4. The van der Waals surface area contributed by atoms with Gasteiger partial charge in [0.15, 0.2) is 0 Å². The highest BCUT2D eigenvalue weighted by molar-refractivity contribution is 5.73. The molecule has 1 aliphatic rings. The number of aliphatic hydroxyl groups is 1. The molecule has 2 heterocycles. The van der Waals surface area contributed by atoms with Gasteiger partial charge in [-0.25, -0.2) is 0 Å². The lowest BCUT2D eigenvalue weighted by molar-refractivity contribution is -0.129. The number of pyridine rings is 1. The second kappa shape index (κ2) is 6.02. The average Bonchev–Trinajstić information content (AvgIpc) is 2.46. The maximum atomic E-state index is 11.3. The van der Waals surface area contributed by atoms with E-state index < -0.39 is 6.10 Å². The Labute approximate surface area is 113 Å². The third-order valence-electron chi connectivity index (χ3n) is 3.59.